The SMILES string of the molecule is [2H]c1c([2H])c([2H])c(-c2cc(F)c(N(c3c(C)cc(C)cc3C)c3ccc4ccc5c(N(c6c(C)cc(C)cc6C)c6c(F)cc(-c7c([2H])c([2H])c([2H])c([2H])c7[2H])cc6-c6c([2H])c([2H])c([2H])c([2H])c6[2H])ccc6ccc3c4c65)c(-c3c([2H])c([2H])c([2H])c([2H])c3[2H])c2)c([2H])c1[2H].[2H]c1c([2H])c([2H])c(-c2cc(F)c(N(c3ccccc3)c3ccc4ccc5c(N(c6ccccc6)c6c(F)cc(-c7c([2H])c([2H])c([2H])c([2H])c7C)cc6-c6c([2H])c([2H])c([2H])c([2H])c6[2H])ccc6ccc3c4c65)c(-c3c([2H])c([2H])c([2H])c([2H])c3[2H])c2)c([2H])c1[2H]. The van der Waals surface area contributed by atoms with Crippen LogP contribution in [0.25, 0.3) is 154 Å². The highest BCUT2D eigenvalue weighted by Crippen LogP contribution is 2.57. The highest BCUT2D eigenvalue weighted by Gasteiger charge is 2.34. The average molecular weight is 1890 g/mol. The van der Waals surface area contributed by atoms with E-state index in [0.29, 0.717) is 132 Å². The highest BCUT2D eigenvalue weighted by atomic mass is 19.1. The zero-order valence-corrected chi connectivity index (χ0v) is 77.2. The van der Waals surface area contributed by atoms with Crippen LogP contribution in [-0.2, 0) is 0 Å². The second-order valence-electron chi connectivity index (χ2n) is 34.6. The van der Waals surface area contributed by atoms with Crippen LogP contribution in [0.2, 0.25) is 0 Å². The number of aryl methyl sites for hydroxylation is 6. The number of hydrogen-bond donors (Lipinski definition) is 0. The first kappa shape index (κ1) is 55.8. The molecule has 0 amide bonds. The Morgan fingerprint density at radius 3 is 0.699 bits per heavy atom. The second-order valence-corrected chi connectivity index (χ2v) is 34.6. The molecule has 0 radical (unpaired) electrons. The van der Waals surface area contributed by atoms with Gasteiger partial charge in [0.15, 0.2) is 0 Å². The minimum absolute atomic E-state index is 0.0682. The monoisotopic (exact) mass is 1890 g/mol. The number of benzene rings is 24. The van der Waals surface area contributed by atoms with Crippen LogP contribution >= 0.6 is 0 Å². The summed E-state index contributed by atoms with van der Waals surface area (Å²) in [7, 11) is 0. The first-order valence-electron chi connectivity index (χ1n) is 65.0. The molecule has 0 heterocycles. The predicted molar refractivity (Wildman–Crippen MR) is 596 cm³/mol. The maximum Gasteiger partial charge on any atom is 0.148 e. The molecule has 0 bridgehead atoms. The largest absolute Gasteiger partial charge is 0.307 e. The zero-order valence-electron chi connectivity index (χ0n) is 116. The van der Waals surface area contributed by atoms with E-state index in [1.54, 1.807) is 124 Å². The highest BCUT2D eigenvalue weighted by molar-refractivity contribution is 6.30. The maximum atomic E-state index is 18.7. The summed E-state index contributed by atoms with van der Waals surface area (Å²) >= 11 is 0. The Balaban J connectivity index is 0.000000191. The summed E-state index contributed by atoms with van der Waals surface area (Å²) in [5.41, 5.74) is 0.579. The van der Waals surface area contributed by atoms with Crippen LogP contribution in [0.1, 0.15) is 92.4 Å². The van der Waals surface area contributed by atoms with Crippen LogP contribution in [0.3, 0.4) is 0 Å². The van der Waals surface area contributed by atoms with Gasteiger partial charge in [0.25, 0.3) is 0 Å². The molecule has 0 aliphatic rings. The van der Waals surface area contributed by atoms with E-state index >= 15 is 17.6 Å². The Hall–Kier alpha value is -17.7. The predicted octanol–water partition coefficient (Wildman–Crippen LogP) is 39.1. The van der Waals surface area contributed by atoms with Crippen molar-refractivity contribution in [3.05, 3.63) is 528 Å². The molecule has 0 aliphatic carbocycles. The van der Waals surface area contributed by atoms with Crippen LogP contribution in [0.15, 0.2) is 466 Å². The van der Waals surface area contributed by atoms with Gasteiger partial charge in [-0.25, -0.2) is 17.6 Å². The molecular formula is C135H98F4N4. The Labute approximate surface area is 886 Å². The minimum atomic E-state index is -1.08. The van der Waals surface area contributed by atoms with Crippen molar-refractivity contribution in [1.29, 1.82) is 0 Å². The van der Waals surface area contributed by atoms with Crippen molar-refractivity contribution in [3.63, 3.8) is 0 Å². The van der Waals surface area contributed by atoms with Gasteiger partial charge >= 0.3 is 0 Å². The fraction of sp³-hybridized carbons (Fsp3) is 0.0519. The number of nitrogens with zero attached hydrogens (tertiary/aromatic N) is 4. The zero-order chi connectivity index (χ0) is 131. The van der Waals surface area contributed by atoms with E-state index in [1.807, 2.05) is 114 Å². The first-order valence-corrected chi connectivity index (χ1v) is 45.5. The molecule has 0 aliphatic heterocycles. The normalized spacial score (nSPS) is 15.3. The standard InChI is InChI=1S/C70H54F2N2.C65H44F2N2/c1-43-35-45(3)67(46(4)36-43)73(69-59(51-23-15-9-16-24-51)39-55(41-61(69)71)49-19-11-7-12-20-49)63-33-29-53-28-32-58-64(34-30-54-27-31-57(63)65(53)66(54)58)74(68-47(5)37-44(2)38-48(68)6)70-60(52-25-17-10-18-26-52)40-56(42-62(70)72)50-21-13-8-14-22-50;1-43-19-17-18-30-53(43)50-40-57(46-24-11-4-12-25-46)65(59(67)42-50)69(52-28-15-6-16-29-52)61-38-34-48-31-35-54-60(37-33-47-32-36-55(61)63(48)62(47)54)68(51-26-13-5-14-27-51)64-56(45-22-9-3-10-23-45)39-49(41-58(64)66)44-20-7-2-8-21-44/h7-42H,1-6H3;2-42H,1H3/i7D,8D,9D,10D,11D,12D,13D,14D,15D,16D,17D,18D,19D,20D,21D,22D,23D,24D,25D,26D;2D,3D,4D,7D,8D,9D,10D,11D,12D,17D,18D,19D,20D,21D,22D,23D,24D,25D,30D. The summed E-state index contributed by atoms with van der Waals surface area (Å²) < 4.78 is 418. The number of halogens is 4. The second kappa shape index (κ2) is 37.5. The van der Waals surface area contributed by atoms with Gasteiger partial charge in [-0.05, 0) is 283 Å². The molecule has 0 spiro atoms. The van der Waals surface area contributed by atoms with Gasteiger partial charge in [-0.3, -0.25) is 0 Å². The van der Waals surface area contributed by atoms with Crippen LogP contribution in [0.4, 0.5) is 85.8 Å². The summed E-state index contributed by atoms with van der Waals surface area (Å²) in [5.74, 6) is -4.23. The molecule has 0 atom stereocenters. The van der Waals surface area contributed by atoms with Crippen molar-refractivity contribution in [1.82, 2.24) is 0 Å². The molecule has 686 valence electrons. The molecule has 0 N–H and O–H groups in total. The third kappa shape index (κ3) is 16.3. The van der Waals surface area contributed by atoms with Gasteiger partial charge < -0.3 is 19.6 Å². The van der Waals surface area contributed by atoms with Gasteiger partial charge in [-0.15, -0.1) is 0 Å². The van der Waals surface area contributed by atoms with Crippen molar-refractivity contribution >= 4 is 133 Å². The lowest BCUT2D eigenvalue weighted by atomic mass is 9.90. The fourth-order valence-corrected chi connectivity index (χ4v) is 20.0. The smallest absolute Gasteiger partial charge is 0.148 e. The van der Waals surface area contributed by atoms with E-state index in [2.05, 4.69) is 0 Å². The maximum absolute atomic E-state index is 18.7. The van der Waals surface area contributed by atoms with Gasteiger partial charge in [0.2, 0.25) is 0 Å². The third-order valence-electron chi connectivity index (χ3n) is 25.7. The van der Waals surface area contributed by atoms with Crippen LogP contribution in [-0.4, -0.2) is 0 Å². The first-order chi connectivity index (χ1) is 86.2. The summed E-state index contributed by atoms with van der Waals surface area (Å²) in [6.45, 7) is 12.5. The summed E-state index contributed by atoms with van der Waals surface area (Å²) in [6.07, 6.45) is 0. The molecule has 24 aromatic rings. The molecule has 0 fully saturated rings. The van der Waals surface area contributed by atoms with E-state index in [-0.39, 0.29) is 84.4 Å². The fourth-order valence-electron chi connectivity index (χ4n) is 20.0. The van der Waals surface area contributed by atoms with Crippen LogP contribution in [0.5, 0.6) is 0 Å². The minimum Gasteiger partial charge on any atom is -0.307 e. The molecule has 0 saturated heterocycles. The molecule has 0 unspecified atom stereocenters. The molecule has 143 heavy (non-hydrogen) atoms. The van der Waals surface area contributed by atoms with Crippen molar-refractivity contribution in [2.45, 2.75) is 48.5 Å². The molecular weight excluding hydrogens is 1750 g/mol. The number of rotatable bonds is 20. The molecule has 4 nitrogen and oxygen atoms in total. The Kier molecular flexibility index (Phi) is 14.6. The lowest BCUT2D eigenvalue weighted by Crippen LogP contribution is -2.17. The molecule has 24 rings (SSSR count). The molecule has 8 heteroatoms. The Morgan fingerprint density at radius 1 is 0.182 bits per heavy atom. The van der Waals surface area contributed by atoms with E-state index in [9.17, 15) is 11.0 Å². The van der Waals surface area contributed by atoms with Crippen molar-refractivity contribution in [2.24, 2.45) is 0 Å². The van der Waals surface area contributed by atoms with E-state index in [4.69, 9.17) is 42.5 Å². The van der Waals surface area contributed by atoms with Crippen molar-refractivity contribution < 1.29 is 71.0 Å². The summed E-state index contributed by atoms with van der Waals surface area (Å²) in [5, 5.41) is 6.84. The van der Waals surface area contributed by atoms with Gasteiger partial charge in [0, 0.05) is 55.2 Å². The van der Waals surface area contributed by atoms with Gasteiger partial charge in [0.05, 0.1) is 110 Å². The van der Waals surface area contributed by atoms with Crippen LogP contribution in [0, 0.1) is 71.7 Å². The summed E-state index contributed by atoms with van der Waals surface area (Å²) in [4.78, 5) is 6.25. The van der Waals surface area contributed by atoms with Gasteiger partial charge in [0.1, 0.15) is 23.3 Å². The molecule has 24 aromatic carbocycles. The van der Waals surface area contributed by atoms with E-state index in [0.717, 1.165) is 35.4 Å². The molecule has 0 aromatic heterocycles. The van der Waals surface area contributed by atoms with Gasteiger partial charge in [-0.1, -0.05) is 380 Å². The van der Waals surface area contributed by atoms with Gasteiger partial charge in [-0.2, -0.15) is 0 Å². The topological polar surface area (TPSA) is 13.0 Å². The number of anilines is 12. The Bertz CT molecular complexity index is 10700. The van der Waals surface area contributed by atoms with Crippen molar-refractivity contribution in [3.8, 4) is 89.0 Å². The quantitative estimate of drug-likeness (QED) is 0.0557. The van der Waals surface area contributed by atoms with E-state index in [1.165, 1.54) is 36.1 Å². The third-order valence-corrected chi connectivity index (χ3v) is 25.7. The average Bonchev–Trinajstić information content (AvgIpc) is 0.707. The molecule has 0 saturated carbocycles. The number of para-hydroxylation sites is 2. The Morgan fingerprint density at radius 2 is 0.413 bits per heavy atom. The van der Waals surface area contributed by atoms with Crippen LogP contribution < -0.4 is 19.6 Å². The lowest BCUT2D eigenvalue weighted by molar-refractivity contribution is 0.629. The number of hydrogen-bond acceptors (Lipinski definition) is 4. The van der Waals surface area contributed by atoms with Crippen molar-refractivity contribution in [2.75, 3.05) is 19.6 Å². The summed E-state index contributed by atoms with van der Waals surface area (Å²) in [6, 6.07) is 35.4. The van der Waals surface area contributed by atoms with E-state index < -0.39 is 292 Å². The lowest BCUT2D eigenvalue weighted by Gasteiger charge is -2.34.